The molecular formula is C10H18N2O2. The maximum Gasteiger partial charge on any atom is 0.333 e. The molecule has 1 fully saturated rings. The molecule has 0 amide bonds. The predicted molar refractivity (Wildman–Crippen MR) is 54.3 cm³/mol. The minimum Gasteiger partial charge on any atom is -0.461 e. The Balaban J connectivity index is 2.07. The zero-order valence-electron chi connectivity index (χ0n) is 9.12. The molecule has 0 aliphatic carbocycles. The third kappa shape index (κ3) is 3.12. The third-order valence-electron chi connectivity index (χ3n) is 2.11. The molecule has 80 valence electrons. The number of carbonyl (C=O) groups is 1. The van der Waals surface area contributed by atoms with Gasteiger partial charge < -0.3 is 4.74 Å². The molecule has 0 spiro atoms. The fraction of sp³-hybridized carbons (Fsp3) is 0.700. The van der Waals surface area contributed by atoms with E-state index < -0.39 is 0 Å². The second kappa shape index (κ2) is 4.57. The summed E-state index contributed by atoms with van der Waals surface area (Å²) in [7, 11) is 0. The van der Waals surface area contributed by atoms with Gasteiger partial charge in [-0.1, -0.05) is 6.58 Å². The van der Waals surface area contributed by atoms with Gasteiger partial charge in [-0.05, 0) is 20.8 Å². The summed E-state index contributed by atoms with van der Waals surface area (Å²) in [6.45, 7) is 11.6. The van der Waals surface area contributed by atoms with Crippen LogP contribution in [0, 0.1) is 0 Å². The number of hydrazine groups is 1. The van der Waals surface area contributed by atoms with Crippen molar-refractivity contribution in [2.24, 2.45) is 0 Å². The molecule has 0 aromatic rings. The van der Waals surface area contributed by atoms with Gasteiger partial charge in [-0.15, -0.1) is 0 Å². The molecule has 2 unspecified atom stereocenters. The molecule has 0 saturated carbocycles. The van der Waals surface area contributed by atoms with Gasteiger partial charge in [-0.25, -0.2) is 14.8 Å². The number of rotatable bonds is 5. The Kier molecular flexibility index (Phi) is 3.66. The summed E-state index contributed by atoms with van der Waals surface area (Å²) >= 11 is 0. The molecule has 1 aliphatic rings. The Bertz CT molecular complexity index is 238. The molecule has 1 aliphatic heterocycles. The summed E-state index contributed by atoms with van der Waals surface area (Å²) in [5.74, 6) is -0.303. The van der Waals surface area contributed by atoms with Crippen LogP contribution < -0.4 is 0 Å². The summed E-state index contributed by atoms with van der Waals surface area (Å²) in [5, 5.41) is 4.37. The van der Waals surface area contributed by atoms with Crippen molar-refractivity contribution in [1.82, 2.24) is 10.0 Å². The van der Waals surface area contributed by atoms with Crippen LogP contribution in [0.3, 0.4) is 0 Å². The van der Waals surface area contributed by atoms with Crippen LogP contribution in [0.1, 0.15) is 20.8 Å². The van der Waals surface area contributed by atoms with Gasteiger partial charge in [0.25, 0.3) is 0 Å². The summed E-state index contributed by atoms with van der Waals surface area (Å²) in [6, 6.07) is 0.534. The van der Waals surface area contributed by atoms with Gasteiger partial charge in [0.05, 0.1) is 6.67 Å². The van der Waals surface area contributed by atoms with E-state index in [-0.39, 0.29) is 5.97 Å². The summed E-state index contributed by atoms with van der Waals surface area (Å²) in [5.41, 5.74) is 0.455. The molecule has 0 aromatic carbocycles. The smallest absolute Gasteiger partial charge is 0.333 e. The van der Waals surface area contributed by atoms with E-state index in [2.05, 4.69) is 30.4 Å². The zero-order valence-corrected chi connectivity index (χ0v) is 9.12. The van der Waals surface area contributed by atoms with E-state index in [4.69, 9.17) is 4.74 Å². The van der Waals surface area contributed by atoms with Crippen LogP contribution in [0.4, 0.5) is 0 Å². The van der Waals surface area contributed by atoms with Crippen molar-refractivity contribution in [2.75, 3.05) is 19.8 Å². The van der Waals surface area contributed by atoms with Crippen LogP contribution in [0.25, 0.3) is 0 Å². The molecule has 1 saturated heterocycles. The third-order valence-corrected chi connectivity index (χ3v) is 2.11. The summed E-state index contributed by atoms with van der Waals surface area (Å²) in [4.78, 5) is 11.0. The molecule has 4 nitrogen and oxygen atoms in total. The Labute approximate surface area is 85.1 Å². The van der Waals surface area contributed by atoms with Gasteiger partial charge in [0.1, 0.15) is 6.61 Å². The lowest BCUT2D eigenvalue weighted by Gasteiger charge is -2.08. The van der Waals surface area contributed by atoms with Crippen LogP contribution in [0.15, 0.2) is 12.2 Å². The summed E-state index contributed by atoms with van der Waals surface area (Å²) < 4.78 is 4.98. The number of ether oxygens (including phenoxy) is 1. The van der Waals surface area contributed by atoms with E-state index in [0.29, 0.717) is 18.2 Å². The van der Waals surface area contributed by atoms with Gasteiger partial charge in [0.2, 0.25) is 0 Å². The molecule has 0 bridgehead atoms. The van der Waals surface area contributed by atoms with Gasteiger partial charge in [0.15, 0.2) is 0 Å². The van der Waals surface area contributed by atoms with Crippen LogP contribution in [-0.2, 0) is 9.53 Å². The number of hydrogen-bond donors (Lipinski definition) is 0. The first-order chi connectivity index (χ1) is 6.52. The Hall–Kier alpha value is -0.870. The monoisotopic (exact) mass is 198 g/mol. The molecule has 0 N–H and O–H groups in total. The SMILES string of the molecule is C=C(C)C(=O)OCCN1CN1C(C)C. The minimum atomic E-state index is -0.303. The molecule has 1 heterocycles. The second-order valence-electron chi connectivity index (χ2n) is 3.82. The Morgan fingerprint density at radius 2 is 2.21 bits per heavy atom. The van der Waals surface area contributed by atoms with Crippen molar-refractivity contribution in [3.8, 4) is 0 Å². The van der Waals surface area contributed by atoms with Crippen molar-refractivity contribution in [3.05, 3.63) is 12.2 Å². The number of nitrogens with zero attached hydrogens (tertiary/aromatic N) is 2. The van der Waals surface area contributed by atoms with E-state index in [1.54, 1.807) is 6.92 Å². The van der Waals surface area contributed by atoms with Crippen LogP contribution in [0.5, 0.6) is 0 Å². The van der Waals surface area contributed by atoms with Crippen molar-refractivity contribution < 1.29 is 9.53 Å². The topological polar surface area (TPSA) is 32.3 Å². The maximum atomic E-state index is 11.0. The Morgan fingerprint density at radius 3 is 2.64 bits per heavy atom. The lowest BCUT2D eigenvalue weighted by molar-refractivity contribution is -0.139. The van der Waals surface area contributed by atoms with E-state index in [9.17, 15) is 4.79 Å². The lowest BCUT2D eigenvalue weighted by Crippen LogP contribution is -2.20. The molecule has 4 heteroatoms. The molecule has 2 atom stereocenters. The standard InChI is InChI=1S/C10H18N2O2/c1-8(2)10(13)14-6-5-11-7-12(11)9(3)4/h9H,1,5-7H2,2-4H3. The zero-order chi connectivity index (χ0) is 10.7. The van der Waals surface area contributed by atoms with Gasteiger partial charge >= 0.3 is 5.97 Å². The van der Waals surface area contributed by atoms with Crippen molar-refractivity contribution >= 4 is 5.97 Å². The average Bonchev–Trinajstić information content (AvgIpc) is 2.83. The van der Waals surface area contributed by atoms with Gasteiger partial charge in [-0.3, -0.25) is 0 Å². The van der Waals surface area contributed by atoms with Crippen LogP contribution >= 0.6 is 0 Å². The van der Waals surface area contributed by atoms with Crippen LogP contribution in [-0.4, -0.2) is 41.8 Å². The van der Waals surface area contributed by atoms with Gasteiger partial charge in [0, 0.05) is 18.2 Å². The molecule has 14 heavy (non-hydrogen) atoms. The minimum absolute atomic E-state index is 0.303. The molecule has 0 aromatic heterocycles. The first kappa shape index (κ1) is 11.2. The number of hydrogen-bond acceptors (Lipinski definition) is 4. The fourth-order valence-electron chi connectivity index (χ4n) is 1.19. The number of esters is 1. The highest BCUT2D eigenvalue weighted by Crippen LogP contribution is 2.17. The first-order valence-corrected chi connectivity index (χ1v) is 4.86. The van der Waals surface area contributed by atoms with E-state index in [1.165, 1.54) is 0 Å². The van der Waals surface area contributed by atoms with E-state index in [1.807, 2.05) is 0 Å². The highest BCUT2D eigenvalue weighted by molar-refractivity contribution is 5.86. The van der Waals surface area contributed by atoms with E-state index in [0.717, 1.165) is 13.2 Å². The average molecular weight is 198 g/mol. The van der Waals surface area contributed by atoms with Crippen molar-refractivity contribution in [3.63, 3.8) is 0 Å². The number of carbonyl (C=O) groups excluding carboxylic acids is 1. The first-order valence-electron chi connectivity index (χ1n) is 4.86. The summed E-state index contributed by atoms with van der Waals surface area (Å²) in [6.07, 6.45) is 0. The predicted octanol–water partition coefficient (Wildman–Crippen LogP) is 1.00. The largest absolute Gasteiger partial charge is 0.461 e. The molecule has 1 rings (SSSR count). The maximum absolute atomic E-state index is 11.0. The van der Waals surface area contributed by atoms with Crippen LogP contribution in [0.2, 0.25) is 0 Å². The lowest BCUT2D eigenvalue weighted by atomic mass is 10.4. The quantitative estimate of drug-likeness (QED) is 0.375. The Morgan fingerprint density at radius 1 is 1.57 bits per heavy atom. The normalized spacial score (nSPS) is 24.9. The highest BCUT2D eigenvalue weighted by atomic mass is 16.5. The van der Waals surface area contributed by atoms with Gasteiger partial charge in [-0.2, -0.15) is 0 Å². The second-order valence-corrected chi connectivity index (χ2v) is 3.82. The fourth-order valence-corrected chi connectivity index (χ4v) is 1.19. The van der Waals surface area contributed by atoms with E-state index >= 15 is 0 Å². The molecular weight excluding hydrogens is 180 g/mol. The highest BCUT2D eigenvalue weighted by Gasteiger charge is 2.32. The molecule has 0 radical (unpaired) electrons. The van der Waals surface area contributed by atoms with Crippen molar-refractivity contribution in [1.29, 1.82) is 0 Å². The van der Waals surface area contributed by atoms with Crippen molar-refractivity contribution in [2.45, 2.75) is 26.8 Å².